The zero-order valence-corrected chi connectivity index (χ0v) is 18.6. The summed E-state index contributed by atoms with van der Waals surface area (Å²) in [5, 5.41) is 11.3. The van der Waals surface area contributed by atoms with Crippen LogP contribution >= 0.6 is 11.3 Å². The highest BCUT2D eigenvalue weighted by molar-refractivity contribution is 7.12. The molecule has 0 aliphatic rings. The maximum atomic E-state index is 12.5. The number of hydrogen-bond donors (Lipinski definition) is 0. The smallest absolute Gasteiger partial charge is 0.311 e. The van der Waals surface area contributed by atoms with Crippen LogP contribution in [0, 0.1) is 30.9 Å². The fourth-order valence-electron chi connectivity index (χ4n) is 3.20. The molecule has 0 saturated heterocycles. The predicted octanol–water partition coefficient (Wildman–Crippen LogP) is 6.07. The lowest BCUT2D eigenvalue weighted by Gasteiger charge is -2.12. The molecule has 0 saturated carbocycles. The minimum Gasteiger partial charge on any atom is -0.496 e. The number of ketones is 1. The Kier molecular flexibility index (Phi) is 6.87. The van der Waals surface area contributed by atoms with Gasteiger partial charge >= 0.3 is 5.69 Å². The van der Waals surface area contributed by atoms with E-state index in [1.165, 1.54) is 6.07 Å². The second-order valence-corrected chi connectivity index (χ2v) is 8.57. The van der Waals surface area contributed by atoms with E-state index in [1.54, 1.807) is 55.7 Å². The van der Waals surface area contributed by atoms with Crippen molar-refractivity contribution in [2.75, 3.05) is 7.11 Å². The van der Waals surface area contributed by atoms with Crippen molar-refractivity contribution in [1.29, 1.82) is 0 Å². The van der Waals surface area contributed by atoms with Gasteiger partial charge in [-0.2, -0.15) is 0 Å². The lowest BCUT2D eigenvalue weighted by molar-refractivity contribution is -0.386. The summed E-state index contributed by atoms with van der Waals surface area (Å²) >= 11 is 1.60. The topological polar surface area (TPSA) is 78.7 Å². The molecule has 0 N–H and O–H groups in total. The van der Waals surface area contributed by atoms with Gasteiger partial charge in [-0.3, -0.25) is 14.9 Å². The fraction of sp³-hybridized carbons (Fsp3) is 0.208. The Hall–Kier alpha value is -3.45. The van der Waals surface area contributed by atoms with E-state index in [-0.39, 0.29) is 23.8 Å². The van der Waals surface area contributed by atoms with E-state index in [1.807, 2.05) is 32.0 Å². The van der Waals surface area contributed by atoms with Gasteiger partial charge in [0.25, 0.3) is 0 Å². The normalized spacial score (nSPS) is 11.0. The SMILES string of the molecule is COc1ccc(/C=C/C(=O)c2cc(C)sc2C)cc1COc1ccc(C)cc1[N+](=O)[O-]. The Morgan fingerprint density at radius 1 is 1.10 bits per heavy atom. The monoisotopic (exact) mass is 437 g/mol. The van der Waals surface area contributed by atoms with Crippen LogP contribution in [0.25, 0.3) is 6.08 Å². The van der Waals surface area contributed by atoms with Crippen LogP contribution < -0.4 is 9.47 Å². The summed E-state index contributed by atoms with van der Waals surface area (Å²) in [7, 11) is 1.55. The van der Waals surface area contributed by atoms with Gasteiger partial charge in [0.2, 0.25) is 0 Å². The van der Waals surface area contributed by atoms with Crippen molar-refractivity contribution in [1.82, 2.24) is 0 Å². The van der Waals surface area contributed by atoms with Gasteiger partial charge in [0.05, 0.1) is 12.0 Å². The molecule has 1 aromatic heterocycles. The van der Waals surface area contributed by atoms with E-state index >= 15 is 0 Å². The molecule has 0 unspecified atom stereocenters. The van der Waals surface area contributed by atoms with E-state index in [0.29, 0.717) is 11.3 Å². The summed E-state index contributed by atoms with van der Waals surface area (Å²) in [5.74, 6) is 0.741. The predicted molar refractivity (Wildman–Crippen MR) is 122 cm³/mol. The standard InChI is InChI=1S/C24H23NO5S/c1-15-5-9-24(21(11-15)25(27)28)30-14-19-13-18(7-10-23(19)29-4)6-8-22(26)20-12-16(2)31-17(20)3/h5-13H,14H2,1-4H3/b8-6+. The molecule has 1 heterocycles. The van der Waals surface area contributed by atoms with Crippen molar-refractivity contribution in [3.63, 3.8) is 0 Å². The van der Waals surface area contributed by atoms with Gasteiger partial charge < -0.3 is 9.47 Å². The third kappa shape index (κ3) is 5.38. The summed E-state index contributed by atoms with van der Waals surface area (Å²) in [4.78, 5) is 25.5. The average molecular weight is 438 g/mol. The van der Waals surface area contributed by atoms with Crippen molar-refractivity contribution >= 4 is 28.9 Å². The number of hydrogen-bond acceptors (Lipinski definition) is 6. The molecule has 0 amide bonds. The molecule has 6 nitrogen and oxygen atoms in total. The number of nitro groups is 1. The van der Waals surface area contributed by atoms with Gasteiger partial charge in [0.15, 0.2) is 11.5 Å². The number of carbonyl (C=O) groups excluding carboxylic acids is 1. The lowest BCUT2D eigenvalue weighted by atomic mass is 10.1. The third-order valence-corrected chi connectivity index (χ3v) is 5.70. The van der Waals surface area contributed by atoms with Crippen molar-refractivity contribution in [3.05, 3.63) is 90.7 Å². The molecule has 0 spiro atoms. The number of thiophene rings is 1. The second-order valence-electron chi connectivity index (χ2n) is 7.11. The van der Waals surface area contributed by atoms with Crippen LogP contribution in [-0.2, 0) is 6.61 Å². The van der Waals surface area contributed by atoms with E-state index < -0.39 is 4.92 Å². The molecule has 0 fully saturated rings. The molecular formula is C24H23NO5S. The third-order valence-electron chi connectivity index (χ3n) is 4.73. The first kappa shape index (κ1) is 22.2. The second kappa shape index (κ2) is 9.57. The first-order valence-electron chi connectivity index (χ1n) is 9.62. The van der Waals surface area contributed by atoms with Gasteiger partial charge in [-0.15, -0.1) is 11.3 Å². The van der Waals surface area contributed by atoms with Gasteiger partial charge in [-0.1, -0.05) is 18.2 Å². The molecule has 0 aliphatic carbocycles. The molecule has 0 aliphatic heterocycles. The summed E-state index contributed by atoms with van der Waals surface area (Å²) in [6, 6.07) is 12.2. The number of rotatable bonds is 8. The highest BCUT2D eigenvalue weighted by Gasteiger charge is 2.16. The van der Waals surface area contributed by atoms with Crippen LogP contribution in [0.3, 0.4) is 0 Å². The maximum absolute atomic E-state index is 12.5. The molecule has 7 heteroatoms. The zero-order chi connectivity index (χ0) is 22.5. The average Bonchev–Trinajstić information content (AvgIpc) is 3.09. The molecule has 0 atom stereocenters. The Bertz CT molecular complexity index is 1160. The highest BCUT2D eigenvalue weighted by Crippen LogP contribution is 2.30. The number of allylic oxidation sites excluding steroid dienone is 1. The minimum absolute atomic E-state index is 0.0502. The molecular weight excluding hydrogens is 414 g/mol. The maximum Gasteiger partial charge on any atom is 0.311 e. The van der Waals surface area contributed by atoms with E-state index in [2.05, 4.69) is 0 Å². The van der Waals surface area contributed by atoms with E-state index in [9.17, 15) is 14.9 Å². The van der Waals surface area contributed by atoms with E-state index in [0.717, 1.165) is 26.4 Å². The number of ether oxygens (including phenoxy) is 2. The van der Waals surface area contributed by atoms with Gasteiger partial charge in [0.1, 0.15) is 12.4 Å². The zero-order valence-electron chi connectivity index (χ0n) is 17.8. The van der Waals surface area contributed by atoms with Gasteiger partial charge in [-0.25, -0.2) is 0 Å². The summed E-state index contributed by atoms with van der Waals surface area (Å²) in [5.41, 5.74) is 2.93. The Labute approximate surface area is 184 Å². The molecule has 0 bridgehead atoms. The largest absolute Gasteiger partial charge is 0.496 e. The Morgan fingerprint density at radius 3 is 2.48 bits per heavy atom. The number of nitrogens with zero attached hydrogens (tertiary/aromatic N) is 1. The van der Waals surface area contributed by atoms with Gasteiger partial charge in [0, 0.05) is 26.9 Å². The number of methoxy groups -OCH3 is 1. The van der Waals surface area contributed by atoms with Crippen LogP contribution in [0.2, 0.25) is 0 Å². The van der Waals surface area contributed by atoms with Crippen molar-refractivity contribution in [2.45, 2.75) is 27.4 Å². The number of aryl methyl sites for hydroxylation is 3. The first-order valence-corrected chi connectivity index (χ1v) is 10.4. The van der Waals surface area contributed by atoms with Crippen molar-refractivity contribution in [3.8, 4) is 11.5 Å². The molecule has 0 radical (unpaired) electrons. The number of nitro benzene ring substituents is 1. The summed E-state index contributed by atoms with van der Waals surface area (Å²) in [6.07, 6.45) is 3.29. The number of benzene rings is 2. The van der Waals surface area contributed by atoms with Crippen LogP contribution in [0.15, 0.2) is 48.5 Å². The first-order chi connectivity index (χ1) is 14.8. The van der Waals surface area contributed by atoms with E-state index in [4.69, 9.17) is 9.47 Å². The van der Waals surface area contributed by atoms with Crippen LogP contribution in [0.5, 0.6) is 11.5 Å². The summed E-state index contributed by atoms with van der Waals surface area (Å²) in [6.45, 7) is 5.79. The minimum atomic E-state index is -0.460. The Balaban J connectivity index is 1.80. The molecule has 2 aromatic carbocycles. The van der Waals surface area contributed by atoms with Crippen molar-refractivity contribution < 1.29 is 19.2 Å². The van der Waals surface area contributed by atoms with Gasteiger partial charge in [-0.05, 0) is 62.2 Å². The lowest BCUT2D eigenvalue weighted by Crippen LogP contribution is -2.02. The van der Waals surface area contributed by atoms with Crippen LogP contribution in [0.1, 0.15) is 36.8 Å². The summed E-state index contributed by atoms with van der Waals surface area (Å²) < 4.78 is 11.1. The molecule has 31 heavy (non-hydrogen) atoms. The molecule has 3 aromatic rings. The van der Waals surface area contributed by atoms with Crippen LogP contribution in [0.4, 0.5) is 5.69 Å². The Morgan fingerprint density at radius 2 is 1.84 bits per heavy atom. The highest BCUT2D eigenvalue weighted by atomic mass is 32.1. The number of carbonyl (C=O) groups is 1. The van der Waals surface area contributed by atoms with Crippen molar-refractivity contribution in [2.24, 2.45) is 0 Å². The molecule has 160 valence electrons. The molecule has 3 rings (SSSR count). The quantitative estimate of drug-likeness (QED) is 0.185. The fourth-order valence-corrected chi connectivity index (χ4v) is 4.13. The van der Waals surface area contributed by atoms with Crippen LogP contribution in [-0.4, -0.2) is 17.8 Å².